The van der Waals surface area contributed by atoms with Crippen molar-refractivity contribution in [2.24, 2.45) is 0 Å². The first-order chi connectivity index (χ1) is 10.0. The molecule has 0 aliphatic heterocycles. The van der Waals surface area contributed by atoms with Gasteiger partial charge in [-0.05, 0) is 32.9 Å². The highest BCUT2D eigenvalue weighted by molar-refractivity contribution is 8.00. The molecule has 1 aromatic heterocycles. The number of hydrogen-bond donors (Lipinski definition) is 0. The van der Waals surface area contributed by atoms with E-state index in [1.807, 2.05) is 45.0 Å². The number of carbonyl (C=O) groups excluding carboxylic acids is 1. The van der Waals surface area contributed by atoms with Gasteiger partial charge in [0.2, 0.25) is 0 Å². The number of ketones is 1. The minimum Gasteiger partial charge on any atom is -0.493 e. The van der Waals surface area contributed by atoms with E-state index in [0.29, 0.717) is 17.2 Å². The Morgan fingerprint density at radius 1 is 1.33 bits per heavy atom. The molecule has 0 fully saturated rings. The predicted octanol–water partition coefficient (Wildman–Crippen LogP) is 3.76. The van der Waals surface area contributed by atoms with Gasteiger partial charge >= 0.3 is 0 Å². The largest absolute Gasteiger partial charge is 0.493 e. The van der Waals surface area contributed by atoms with Crippen LogP contribution in [0.2, 0.25) is 0 Å². The lowest BCUT2D eigenvalue weighted by molar-refractivity contribution is 0.100. The van der Waals surface area contributed by atoms with Crippen LogP contribution in [0.1, 0.15) is 35.9 Å². The average Bonchev–Trinajstić information content (AvgIpc) is 2.90. The van der Waals surface area contributed by atoms with E-state index in [0.717, 1.165) is 4.90 Å². The molecule has 1 aromatic carbocycles. The Morgan fingerprint density at radius 3 is 2.57 bits per heavy atom. The van der Waals surface area contributed by atoms with E-state index < -0.39 is 0 Å². The third kappa shape index (κ3) is 3.67. The van der Waals surface area contributed by atoms with Gasteiger partial charge in [-0.2, -0.15) is 5.10 Å². The summed E-state index contributed by atoms with van der Waals surface area (Å²) in [6.45, 7) is 6.04. The van der Waals surface area contributed by atoms with Gasteiger partial charge in [0.05, 0.1) is 19.1 Å². The molecule has 4 nitrogen and oxygen atoms in total. The van der Waals surface area contributed by atoms with Gasteiger partial charge in [-0.15, -0.1) is 11.8 Å². The lowest BCUT2D eigenvalue weighted by atomic mass is 10.2. The van der Waals surface area contributed by atoms with Gasteiger partial charge in [0.25, 0.3) is 0 Å². The quantitative estimate of drug-likeness (QED) is 0.602. The second-order valence-corrected chi connectivity index (χ2v) is 6.17. The van der Waals surface area contributed by atoms with Crippen LogP contribution < -0.4 is 4.74 Å². The Hall–Kier alpha value is -1.75. The maximum Gasteiger partial charge on any atom is 0.194 e. The molecular formula is C16H20N2O2S. The zero-order valence-corrected chi connectivity index (χ0v) is 13.6. The average molecular weight is 304 g/mol. The molecule has 5 heteroatoms. The van der Waals surface area contributed by atoms with Gasteiger partial charge in [0.15, 0.2) is 11.5 Å². The Kier molecular flexibility index (Phi) is 5.07. The van der Waals surface area contributed by atoms with Crippen LogP contribution in [0.25, 0.3) is 0 Å². The molecule has 2 aromatic rings. The SMILES string of the molecule is COc1cnn(C(C)C)c1C(=O)CSc1ccc(C)cc1. The number of Topliss-reactive ketones (excluding diaryl/α,β-unsaturated/α-hetero) is 1. The summed E-state index contributed by atoms with van der Waals surface area (Å²) in [4.78, 5) is 13.6. The fourth-order valence-corrected chi connectivity index (χ4v) is 2.77. The summed E-state index contributed by atoms with van der Waals surface area (Å²) >= 11 is 1.53. The van der Waals surface area contributed by atoms with Crippen molar-refractivity contribution in [1.82, 2.24) is 9.78 Å². The normalized spacial score (nSPS) is 10.9. The van der Waals surface area contributed by atoms with E-state index in [-0.39, 0.29) is 11.8 Å². The Bertz CT molecular complexity index is 618. The van der Waals surface area contributed by atoms with E-state index in [1.54, 1.807) is 18.0 Å². The molecule has 0 saturated heterocycles. The first kappa shape index (κ1) is 15.6. The second-order valence-electron chi connectivity index (χ2n) is 5.12. The summed E-state index contributed by atoms with van der Waals surface area (Å²) < 4.78 is 6.97. The van der Waals surface area contributed by atoms with Crippen molar-refractivity contribution < 1.29 is 9.53 Å². The van der Waals surface area contributed by atoms with Crippen LogP contribution in [0.5, 0.6) is 5.75 Å². The minimum atomic E-state index is 0.0311. The highest BCUT2D eigenvalue weighted by Gasteiger charge is 2.20. The number of nitrogens with zero attached hydrogens (tertiary/aromatic N) is 2. The smallest absolute Gasteiger partial charge is 0.194 e. The summed E-state index contributed by atoms with van der Waals surface area (Å²) in [5.74, 6) is 0.944. The van der Waals surface area contributed by atoms with Crippen LogP contribution >= 0.6 is 11.8 Å². The molecule has 112 valence electrons. The first-order valence-corrected chi connectivity index (χ1v) is 7.85. The van der Waals surface area contributed by atoms with Crippen LogP contribution in [0.4, 0.5) is 0 Å². The number of ether oxygens (including phenoxy) is 1. The molecule has 2 rings (SSSR count). The zero-order chi connectivity index (χ0) is 15.4. The van der Waals surface area contributed by atoms with Crippen LogP contribution in [0.3, 0.4) is 0 Å². The Labute approximate surface area is 129 Å². The van der Waals surface area contributed by atoms with Crippen molar-refractivity contribution in [3.05, 3.63) is 41.7 Å². The summed E-state index contributed by atoms with van der Waals surface area (Å²) in [5, 5.41) is 4.24. The van der Waals surface area contributed by atoms with Crippen molar-refractivity contribution in [2.45, 2.75) is 31.7 Å². The van der Waals surface area contributed by atoms with Crippen LogP contribution in [0, 0.1) is 6.92 Å². The maximum absolute atomic E-state index is 12.5. The highest BCUT2D eigenvalue weighted by Crippen LogP contribution is 2.25. The maximum atomic E-state index is 12.5. The van der Waals surface area contributed by atoms with E-state index in [9.17, 15) is 4.79 Å². The van der Waals surface area contributed by atoms with Crippen molar-refractivity contribution in [3.8, 4) is 5.75 Å². The lowest BCUT2D eigenvalue weighted by Gasteiger charge is -2.11. The Balaban J connectivity index is 2.13. The van der Waals surface area contributed by atoms with E-state index in [4.69, 9.17) is 4.74 Å². The molecule has 0 radical (unpaired) electrons. The van der Waals surface area contributed by atoms with Crippen molar-refractivity contribution >= 4 is 17.5 Å². The second kappa shape index (κ2) is 6.80. The van der Waals surface area contributed by atoms with Gasteiger partial charge < -0.3 is 4.74 Å². The zero-order valence-electron chi connectivity index (χ0n) is 12.8. The standard InChI is InChI=1S/C16H20N2O2S/c1-11(2)18-16(15(20-4)9-17-18)14(19)10-21-13-7-5-12(3)6-8-13/h5-9,11H,10H2,1-4H3. The van der Waals surface area contributed by atoms with Gasteiger partial charge in [0.1, 0.15) is 5.69 Å². The molecule has 0 aliphatic carbocycles. The number of carbonyl (C=O) groups is 1. The minimum absolute atomic E-state index is 0.0311. The molecule has 0 saturated carbocycles. The topological polar surface area (TPSA) is 44.1 Å². The van der Waals surface area contributed by atoms with Gasteiger partial charge in [-0.3, -0.25) is 9.48 Å². The molecule has 0 aliphatic rings. The molecule has 0 atom stereocenters. The molecule has 0 N–H and O–H groups in total. The molecular weight excluding hydrogens is 284 g/mol. The molecule has 0 bridgehead atoms. The fourth-order valence-electron chi connectivity index (χ4n) is 2.00. The summed E-state index contributed by atoms with van der Waals surface area (Å²) in [6.07, 6.45) is 1.60. The van der Waals surface area contributed by atoms with Crippen LogP contribution in [-0.2, 0) is 0 Å². The summed E-state index contributed by atoms with van der Waals surface area (Å²) in [6, 6.07) is 8.28. The van der Waals surface area contributed by atoms with E-state index >= 15 is 0 Å². The summed E-state index contributed by atoms with van der Waals surface area (Å²) in [5.41, 5.74) is 1.76. The van der Waals surface area contributed by atoms with Crippen molar-refractivity contribution in [1.29, 1.82) is 0 Å². The molecule has 1 heterocycles. The molecule has 0 unspecified atom stereocenters. The summed E-state index contributed by atoms with van der Waals surface area (Å²) in [7, 11) is 1.56. The highest BCUT2D eigenvalue weighted by atomic mass is 32.2. The van der Waals surface area contributed by atoms with E-state index in [2.05, 4.69) is 5.10 Å². The van der Waals surface area contributed by atoms with Gasteiger partial charge in [-0.25, -0.2) is 0 Å². The van der Waals surface area contributed by atoms with Crippen LogP contribution in [-0.4, -0.2) is 28.4 Å². The number of thioether (sulfide) groups is 1. The Morgan fingerprint density at radius 2 is 2.00 bits per heavy atom. The molecule has 21 heavy (non-hydrogen) atoms. The number of benzene rings is 1. The molecule has 0 amide bonds. The first-order valence-electron chi connectivity index (χ1n) is 6.87. The van der Waals surface area contributed by atoms with Crippen molar-refractivity contribution in [2.75, 3.05) is 12.9 Å². The number of aromatic nitrogens is 2. The van der Waals surface area contributed by atoms with Gasteiger partial charge in [-0.1, -0.05) is 17.7 Å². The third-order valence-electron chi connectivity index (χ3n) is 3.13. The van der Waals surface area contributed by atoms with Crippen molar-refractivity contribution in [3.63, 3.8) is 0 Å². The van der Waals surface area contributed by atoms with E-state index in [1.165, 1.54) is 17.3 Å². The van der Waals surface area contributed by atoms with Gasteiger partial charge in [0, 0.05) is 10.9 Å². The number of hydrogen-bond acceptors (Lipinski definition) is 4. The third-order valence-corrected chi connectivity index (χ3v) is 4.14. The number of rotatable bonds is 6. The monoisotopic (exact) mass is 304 g/mol. The lowest BCUT2D eigenvalue weighted by Crippen LogP contribution is -2.15. The van der Waals surface area contributed by atoms with Crippen LogP contribution in [0.15, 0.2) is 35.4 Å². The predicted molar refractivity (Wildman–Crippen MR) is 85.4 cm³/mol. The number of aryl methyl sites for hydroxylation is 1. The number of methoxy groups -OCH3 is 1. The molecule has 0 spiro atoms. The fraction of sp³-hybridized carbons (Fsp3) is 0.375.